The van der Waals surface area contributed by atoms with E-state index in [0.29, 0.717) is 22.7 Å². The van der Waals surface area contributed by atoms with Crippen molar-refractivity contribution in [3.63, 3.8) is 0 Å². The van der Waals surface area contributed by atoms with E-state index in [0.717, 1.165) is 37.2 Å². The largest absolute Gasteiger partial charge is 0.493 e. The van der Waals surface area contributed by atoms with Crippen molar-refractivity contribution in [1.82, 2.24) is 0 Å². The van der Waals surface area contributed by atoms with E-state index < -0.39 is 5.91 Å². The van der Waals surface area contributed by atoms with Crippen LogP contribution in [0.25, 0.3) is 6.08 Å². The van der Waals surface area contributed by atoms with Crippen LogP contribution < -0.4 is 25.4 Å². The van der Waals surface area contributed by atoms with E-state index in [4.69, 9.17) is 15.2 Å². The van der Waals surface area contributed by atoms with Gasteiger partial charge >= 0.3 is 0 Å². The van der Waals surface area contributed by atoms with E-state index in [9.17, 15) is 9.59 Å². The van der Waals surface area contributed by atoms with E-state index >= 15 is 0 Å². The van der Waals surface area contributed by atoms with Crippen LogP contribution in [0.1, 0.15) is 42.1 Å². The van der Waals surface area contributed by atoms with Gasteiger partial charge in [0.1, 0.15) is 0 Å². The summed E-state index contributed by atoms with van der Waals surface area (Å²) >= 11 is 0. The summed E-state index contributed by atoms with van der Waals surface area (Å²) < 4.78 is 11.1. The molecule has 0 atom stereocenters. The van der Waals surface area contributed by atoms with Crippen LogP contribution in [0.4, 0.5) is 11.4 Å². The number of allylic oxidation sites excluding steroid dienone is 1. The average Bonchev–Trinajstić information content (AvgIpc) is 2.78. The Labute approximate surface area is 182 Å². The minimum Gasteiger partial charge on any atom is -0.493 e. The summed E-state index contributed by atoms with van der Waals surface area (Å²) in [6, 6.07) is 10.7. The third kappa shape index (κ3) is 5.78. The molecule has 0 spiro atoms. The zero-order chi connectivity index (χ0) is 22.2. The number of primary amides is 1. The molecule has 0 unspecified atom stereocenters. The standard InChI is InChI=1S/C24H29N3O4/c1-3-7-17-8-11-21(22(14-17)30-2)31-16-23(28)26-19-15-18(24(25)29)9-10-20(19)27-12-5-4-6-13-27/h3,7-11,14-15H,4-6,12-13,16H2,1-2H3,(H2,25,29)(H,26,28)/b7-3+. The Bertz CT molecular complexity index is 965. The van der Waals surface area contributed by atoms with Crippen molar-refractivity contribution in [2.75, 3.05) is 37.0 Å². The first-order chi connectivity index (χ1) is 15.0. The van der Waals surface area contributed by atoms with Gasteiger partial charge in [-0.2, -0.15) is 0 Å². The molecule has 0 aromatic heterocycles. The molecule has 2 amide bonds. The zero-order valence-electron chi connectivity index (χ0n) is 18.0. The van der Waals surface area contributed by atoms with Crippen LogP contribution in [0.5, 0.6) is 11.5 Å². The van der Waals surface area contributed by atoms with E-state index in [2.05, 4.69) is 10.2 Å². The van der Waals surface area contributed by atoms with Gasteiger partial charge in [-0.1, -0.05) is 18.2 Å². The van der Waals surface area contributed by atoms with E-state index in [1.165, 1.54) is 6.42 Å². The molecule has 164 valence electrons. The normalized spacial score (nSPS) is 13.8. The molecule has 7 nitrogen and oxygen atoms in total. The number of nitrogens with two attached hydrogens (primary N) is 1. The van der Waals surface area contributed by atoms with Gasteiger partial charge in [0, 0.05) is 18.7 Å². The van der Waals surface area contributed by atoms with Gasteiger partial charge in [-0.3, -0.25) is 9.59 Å². The number of anilines is 2. The van der Waals surface area contributed by atoms with E-state index in [1.54, 1.807) is 25.3 Å². The van der Waals surface area contributed by atoms with Crippen LogP contribution in [-0.4, -0.2) is 38.6 Å². The number of hydrogen-bond donors (Lipinski definition) is 2. The lowest BCUT2D eigenvalue weighted by atomic mass is 10.1. The van der Waals surface area contributed by atoms with Gasteiger partial charge in [0.25, 0.3) is 5.91 Å². The third-order valence-corrected chi connectivity index (χ3v) is 5.16. The van der Waals surface area contributed by atoms with Crippen molar-refractivity contribution in [3.05, 3.63) is 53.6 Å². The number of carbonyl (C=O) groups excluding carboxylic acids is 2. The molecule has 1 aliphatic heterocycles. The summed E-state index contributed by atoms with van der Waals surface area (Å²) in [5.41, 5.74) is 8.20. The van der Waals surface area contributed by atoms with Gasteiger partial charge < -0.3 is 25.4 Å². The first-order valence-corrected chi connectivity index (χ1v) is 10.4. The quantitative estimate of drug-likeness (QED) is 0.673. The fraction of sp³-hybridized carbons (Fsp3) is 0.333. The second kappa shape index (κ2) is 10.5. The molecule has 1 heterocycles. The predicted molar refractivity (Wildman–Crippen MR) is 123 cm³/mol. The molecule has 0 bridgehead atoms. The number of nitrogens with one attached hydrogen (secondary N) is 1. The Morgan fingerprint density at radius 2 is 1.87 bits per heavy atom. The minimum atomic E-state index is -0.539. The lowest BCUT2D eigenvalue weighted by Gasteiger charge is -2.30. The van der Waals surface area contributed by atoms with Crippen LogP contribution in [0.3, 0.4) is 0 Å². The van der Waals surface area contributed by atoms with Crippen LogP contribution in [-0.2, 0) is 4.79 Å². The molecule has 0 aliphatic carbocycles. The fourth-order valence-corrected chi connectivity index (χ4v) is 3.63. The maximum atomic E-state index is 12.6. The number of benzene rings is 2. The highest BCUT2D eigenvalue weighted by Gasteiger charge is 2.18. The van der Waals surface area contributed by atoms with Crippen LogP contribution in [0.2, 0.25) is 0 Å². The van der Waals surface area contributed by atoms with Gasteiger partial charge in [-0.25, -0.2) is 0 Å². The molecule has 3 rings (SSSR count). The van der Waals surface area contributed by atoms with Crippen molar-refractivity contribution in [2.45, 2.75) is 26.2 Å². The Hall–Kier alpha value is -3.48. The second-order valence-corrected chi connectivity index (χ2v) is 7.39. The Balaban J connectivity index is 1.73. The van der Waals surface area contributed by atoms with Crippen molar-refractivity contribution >= 4 is 29.3 Å². The van der Waals surface area contributed by atoms with Gasteiger partial charge in [0.15, 0.2) is 18.1 Å². The summed E-state index contributed by atoms with van der Waals surface area (Å²) in [7, 11) is 1.56. The predicted octanol–water partition coefficient (Wildman–Crippen LogP) is 3.84. The first kappa shape index (κ1) is 22.2. The monoisotopic (exact) mass is 423 g/mol. The third-order valence-electron chi connectivity index (χ3n) is 5.16. The second-order valence-electron chi connectivity index (χ2n) is 7.39. The highest BCUT2D eigenvalue weighted by atomic mass is 16.5. The van der Waals surface area contributed by atoms with Gasteiger partial charge in [0.05, 0.1) is 18.5 Å². The van der Waals surface area contributed by atoms with Gasteiger partial charge in [-0.05, 0) is 62.1 Å². The maximum absolute atomic E-state index is 12.6. The number of methoxy groups -OCH3 is 1. The zero-order valence-corrected chi connectivity index (χ0v) is 18.0. The van der Waals surface area contributed by atoms with E-state index in [-0.39, 0.29) is 12.5 Å². The number of piperidine rings is 1. The van der Waals surface area contributed by atoms with E-state index in [1.807, 2.05) is 37.3 Å². The minimum absolute atomic E-state index is 0.195. The molecule has 7 heteroatoms. The summed E-state index contributed by atoms with van der Waals surface area (Å²) in [5, 5.41) is 2.88. The molecule has 1 aliphatic rings. The van der Waals surface area contributed by atoms with Crippen molar-refractivity contribution in [1.29, 1.82) is 0 Å². The topological polar surface area (TPSA) is 93.9 Å². The number of carbonyl (C=O) groups is 2. The van der Waals surface area contributed by atoms with Gasteiger partial charge in [0.2, 0.25) is 5.91 Å². The Morgan fingerprint density at radius 3 is 2.55 bits per heavy atom. The number of ether oxygens (including phenoxy) is 2. The molecule has 31 heavy (non-hydrogen) atoms. The molecular weight excluding hydrogens is 394 g/mol. The van der Waals surface area contributed by atoms with Crippen LogP contribution in [0, 0.1) is 0 Å². The van der Waals surface area contributed by atoms with Crippen LogP contribution in [0.15, 0.2) is 42.5 Å². The maximum Gasteiger partial charge on any atom is 0.262 e. The van der Waals surface area contributed by atoms with Crippen molar-refractivity contribution < 1.29 is 19.1 Å². The number of amides is 2. The average molecular weight is 424 g/mol. The fourth-order valence-electron chi connectivity index (χ4n) is 3.63. The molecule has 2 aromatic rings. The van der Waals surface area contributed by atoms with Crippen molar-refractivity contribution in [3.8, 4) is 11.5 Å². The van der Waals surface area contributed by atoms with Crippen molar-refractivity contribution in [2.24, 2.45) is 5.73 Å². The Morgan fingerprint density at radius 1 is 1.10 bits per heavy atom. The van der Waals surface area contributed by atoms with Gasteiger partial charge in [-0.15, -0.1) is 0 Å². The first-order valence-electron chi connectivity index (χ1n) is 10.4. The lowest BCUT2D eigenvalue weighted by Crippen LogP contribution is -2.31. The SMILES string of the molecule is C/C=C/c1ccc(OCC(=O)Nc2cc(C(N)=O)ccc2N2CCCCC2)c(OC)c1. The van der Waals surface area contributed by atoms with Crippen LogP contribution >= 0.6 is 0 Å². The molecule has 0 saturated carbocycles. The smallest absolute Gasteiger partial charge is 0.262 e. The number of rotatable bonds is 8. The summed E-state index contributed by atoms with van der Waals surface area (Å²) in [5.74, 6) is 0.156. The Kier molecular flexibility index (Phi) is 7.54. The number of nitrogens with zero attached hydrogens (tertiary/aromatic N) is 1. The molecule has 2 aromatic carbocycles. The summed E-state index contributed by atoms with van der Waals surface area (Å²) in [6.45, 7) is 3.56. The summed E-state index contributed by atoms with van der Waals surface area (Å²) in [6.07, 6.45) is 7.27. The highest BCUT2D eigenvalue weighted by Crippen LogP contribution is 2.31. The molecule has 3 N–H and O–H groups in total. The lowest BCUT2D eigenvalue weighted by molar-refractivity contribution is -0.118. The number of hydrogen-bond acceptors (Lipinski definition) is 5. The molecular formula is C24H29N3O4. The molecule has 0 radical (unpaired) electrons. The highest BCUT2D eigenvalue weighted by molar-refractivity contribution is 5.99. The molecule has 1 saturated heterocycles. The molecule has 1 fully saturated rings. The summed E-state index contributed by atoms with van der Waals surface area (Å²) in [4.78, 5) is 26.5.